The molecule has 20 heavy (non-hydrogen) atoms. The van der Waals surface area contributed by atoms with E-state index in [0.29, 0.717) is 11.7 Å². The molecular weight excluding hydrogens is 283 g/mol. The molecule has 0 aliphatic rings. The van der Waals surface area contributed by atoms with Crippen LogP contribution in [-0.2, 0) is 6.54 Å². The Morgan fingerprint density at radius 1 is 1.45 bits per heavy atom. The summed E-state index contributed by atoms with van der Waals surface area (Å²) in [7, 11) is 0. The lowest BCUT2D eigenvalue weighted by Crippen LogP contribution is -2.20. The minimum atomic E-state index is -0.494. The number of rotatable bonds is 3. The van der Waals surface area contributed by atoms with Crippen LogP contribution in [-0.4, -0.2) is 19.7 Å². The van der Waals surface area contributed by atoms with Gasteiger partial charge in [-0.05, 0) is 13.0 Å². The number of pyridine rings is 1. The molecule has 0 saturated heterocycles. The van der Waals surface area contributed by atoms with Gasteiger partial charge in [-0.1, -0.05) is 5.16 Å². The van der Waals surface area contributed by atoms with Crippen molar-refractivity contribution in [1.82, 2.24) is 19.7 Å². The smallest absolute Gasteiger partial charge is 0.269 e. The van der Waals surface area contributed by atoms with Crippen molar-refractivity contribution < 1.29 is 8.91 Å². The zero-order valence-corrected chi connectivity index (χ0v) is 11.2. The second-order valence-corrected chi connectivity index (χ2v) is 4.95. The van der Waals surface area contributed by atoms with Gasteiger partial charge in [0.25, 0.3) is 11.4 Å². The Morgan fingerprint density at radius 3 is 3.05 bits per heavy atom. The minimum Gasteiger partial charge on any atom is -0.333 e. The van der Waals surface area contributed by atoms with Crippen molar-refractivity contribution in [3.05, 3.63) is 51.5 Å². The lowest BCUT2D eigenvalue weighted by atomic mass is 10.4. The number of halogens is 1. The predicted molar refractivity (Wildman–Crippen MR) is 69.9 cm³/mol. The van der Waals surface area contributed by atoms with E-state index in [1.165, 1.54) is 15.9 Å². The van der Waals surface area contributed by atoms with E-state index in [2.05, 4.69) is 15.1 Å². The molecule has 0 atom stereocenters. The lowest BCUT2D eigenvalue weighted by Gasteiger charge is -2.00. The van der Waals surface area contributed by atoms with Gasteiger partial charge in [-0.25, -0.2) is 9.37 Å². The van der Waals surface area contributed by atoms with Gasteiger partial charge in [-0.3, -0.25) is 4.79 Å². The van der Waals surface area contributed by atoms with Gasteiger partial charge in [-0.2, -0.15) is 4.98 Å². The quantitative estimate of drug-likeness (QED) is 0.736. The highest BCUT2D eigenvalue weighted by molar-refractivity contribution is 7.13. The van der Waals surface area contributed by atoms with Crippen LogP contribution in [0.4, 0.5) is 4.39 Å². The summed E-state index contributed by atoms with van der Waals surface area (Å²) >= 11 is 1.39. The second kappa shape index (κ2) is 4.97. The SMILES string of the molecule is Cc1ncsc1-c1nc(Cn2cc(F)ccc2=O)no1. The van der Waals surface area contributed by atoms with Crippen LogP contribution in [0.1, 0.15) is 11.5 Å². The zero-order chi connectivity index (χ0) is 14.1. The average molecular weight is 292 g/mol. The molecule has 0 aliphatic carbocycles. The predicted octanol–water partition coefficient (Wildman–Crippen LogP) is 1.85. The van der Waals surface area contributed by atoms with Crippen LogP contribution in [0, 0.1) is 12.7 Å². The van der Waals surface area contributed by atoms with Gasteiger partial charge in [0.2, 0.25) is 0 Å². The third-order valence-electron chi connectivity index (χ3n) is 2.67. The Kier molecular flexibility index (Phi) is 3.15. The second-order valence-electron chi connectivity index (χ2n) is 4.10. The van der Waals surface area contributed by atoms with Crippen molar-refractivity contribution in [3.63, 3.8) is 0 Å². The number of aromatic nitrogens is 4. The van der Waals surface area contributed by atoms with Crippen molar-refractivity contribution >= 4 is 11.3 Å². The molecule has 0 spiro atoms. The van der Waals surface area contributed by atoms with Crippen molar-refractivity contribution in [2.45, 2.75) is 13.5 Å². The number of aryl methyl sites for hydroxylation is 1. The summed E-state index contributed by atoms with van der Waals surface area (Å²) in [5.74, 6) is 0.163. The fraction of sp³-hybridized carbons (Fsp3) is 0.167. The highest BCUT2D eigenvalue weighted by Crippen LogP contribution is 2.25. The average Bonchev–Trinajstić information content (AvgIpc) is 3.02. The molecule has 0 saturated carbocycles. The van der Waals surface area contributed by atoms with Crippen molar-refractivity contribution in [3.8, 4) is 10.8 Å². The van der Waals surface area contributed by atoms with Crippen LogP contribution in [0.25, 0.3) is 10.8 Å². The third kappa shape index (κ3) is 2.37. The van der Waals surface area contributed by atoms with Crippen LogP contribution in [0.3, 0.4) is 0 Å². The van der Waals surface area contributed by atoms with Crippen LogP contribution in [0.5, 0.6) is 0 Å². The summed E-state index contributed by atoms with van der Waals surface area (Å²) < 4.78 is 19.4. The molecule has 8 heteroatoms. The molecule has 0 bridgehead atoms. The maximum Gasteiger partial charge on any atom is 0.269 e. The highest BCUT2D eigenvalue weighted by atomic mass is 32.1. The normalized spacial score (nSPS) is 10.9. The lowest BCUT2D eigenvalue weighted by molar-refractivity contribution is 0.420. The largest absolute Gasteiger partial charge is 0.333 e. The number of nitrogens with zero attached hydrogens (tertiary/aromatic N) is 4. The van der Waals surface area contributed by atoms with Crippen molar-refractivity contribution in [1.29, 1.82) is 0 Å². The van der Waals surface area contributed by atoms with Crippen LogP contribution >= 0.6 is 11.3 Å². The first-order valence-electron chi connectivity index (χ1n) is 5.72. The monoisotopic (exact) mass is 292 g/mol. The van der Waals surface area contributed by atoms with Crippen molar-refractivity contribution in [2.75, 3.05) is 0 Å². The molecule has 0 N–H and O–H groups in total. The minimum absolute atomic E-state index is 0.0535. The topological polar surface area (TPSA) is 73.8 Å². The summed E-state index contributed by atoms with van der Waals surface area (Å²) in [6, 6.07) is 2.27. The standard InChI is InChI=1S/C12H9FN4O2S/c1-7-11(20-6-14-7)12-15-9(16-19-12)5-17-4-8(13)2-3-10(17)18/h2-4,6H,5H2,1H3. The molecule has 3 rings (SSSR count). The molecule has 0 radical (unpaired) electrons. The molecule has 3 heterocycles. The molecule has 0 unspecified atom stereocenters. The van der Waals surface area contributed by atoms with Crippen molar-refractivity contribution in [2.24, 2.45) is 0 Å². The van der Waals surface area contributed by atoms with E-state index in [4.69, 9.17) is 4.52 Å². The van der Waals surface area contributed by atoms with Crippen LogP contribution in [0.15, 0.2) is 33.2 Å². The van der Waals surface area contributed by atoms with Gasteiger partial charge in [0.1, 0.15) is 10.7 Å². The van der Waals surface area contributed by atoms with E-state index >= 15 is 0 Å². The van der Waals surface area contributed by atoms with Gasteiger partial charge >= 0.3 is 0 Å². The molecule has 6 nitrogen and oxygen atoms in total. The zero-order valence-electron chi connectivity index (χ0n) is 10.4. The maximum atomic E-state index is 13.1. The molecule has 102 valence electrons. The first kappa shape index (κ1) is 12.7. The first-order chi connectivity index (χ1) is 9.63. The summed E-state index contributed by atoms with van der Waals surface area (Å²) in [5.41, 5.74) is 2.16. The summed E-state index contributed by atoms with van der Waals surface area (Å²) in [5, 5.41) is 3.79. The number of hydrogen-bond donors (Lipinski definition) is 0. The van der Waals surface area contributed by atoms with E-state index in [1.807, 2.05) is 6.92 Å². The molecule has 0 aromatic carbocycles. The fourth-order valence-electron chi connectivity index (χ4n) is 1.70. The molecule has 0 fully saturated rings. The van der Waals surface area contributed by atoms with Gasteiger partial charge in [0.15, 0.2) is 5.82 Å². The van der Waals surface area contributed by atoms with Crippen LogP contribution in [0.2, 0.25) is 0 Å². The third-order valence-corrected chi connectivity index (χ3v) is 3.58. The molecular formula is C12H9FN4O2S. The first-order valence-corrected chi connectivity index (χ1v) is 6.60. The van der Waals surface area contributed by atoms with E-state index < -0.39 is 5.82 Å². The molecule has 0 aliphatic heterocycles. The molecule has 3 aromatic rings. The number of hydrogen-bond acceptors (Lipinski definition) is 6. The van der Waals surface area contributed by atoms with E-state index in [9.17, 15) is 9.18 Å². The summed E-state index contributed by atoms with van der Waals surface area (Å²) in [6.07, 6.45) is 1.11. The van der Waals surface area contributed by atoms with Gasteiger partial charge in [-0.15, -0.1) is 11.3 Å². The number of thiazole rings is 1. The fourth-order valence-corrected chi connectivity index (χ4v) is 2.42. The van der Waals surface area contributed by atoms with Crippen LogP contribution < -0.4 is 5.56 Å². The van der Waals surface area contributed by atoms with Gasteiger partial charge in [0, 0.05) is 12.3 Å². The summed E-state index contributed by atoms with van der Waals surface area (Å²) in [4.78, 5) is 20.6. The van der Waals surface area contributed by atoms with Gasteiger partial charge < -0.3 is 9.09 Å². The Bertz CT molecular complexity index is 808. The van der Waals surface area contributed by atoms with Gasteiger partial charge in [0.05, 0.1) is 17.7 Å². The maximum absolute atomic E-state index is 13.1. The highest BCUT2D eigenvalue weighted by Gasteiger charge is 2.14. The molecule has 3 aromatic heterocycles. The van der Waals surface area contributed by atoms with E-state index in [1.54, 1.807) is 5.51 Å². The van der Waals surface area contributed by atoms with E-state index in [0.717, 1.165) is 28.9 Å². The Hall–Kier alpha value is -2.35. The summed E-state index contributed by atoms with van der Waals surface area (Å²) in [6.45, 7) is 1.89. The Balaban J connectivity index is 1.90. The Labute approximate surface area is 116 Å². The van der Waals surface area contributed by atoms with E-state index in [-0.39, 0.29) is 12.1 Å². The molecule has 0 amide bonds. The Morgan fingerprint density at radius 2 is 2.30 bits per heavy atom.